The third-order valence-corrected chi connectivity index (χ3v) is 4.55. The van der Waals surface area contributed by atoms with Crippen molar-refractivity contribution in [1.82, 2.24) is 19.6 Å². The molecular weight excluding hydrogens is 394 g/mol. The Morgan fingerprint density at radius 1 is 1.33 bits per heavy atom. The number of aromatic nitrogens is 4. The van der Waals surface area contributed by atoms with Crippen molar-refractivity contribution in [2.75, 3.05) is 5.32 Å². The molecule has 0 unspecified atom stereocenters. The molecular formula is C16H15BrClN5O. The van der Waals surface area contributed by atoms with Gasteiger partial charge in [-0.3, -0.25) is 14.2 Å². The first kappa shape index (κ1) is 16.7. The molecule has 24 heavy (non-hydrogen) atoms. The van der Waals surface area contributed by atoms with E-state index in [0.29, 0.717) is 17.4 Å². The summed E-state index contributed by atoms with van der Waals surface area (Å²) in [6.07, 6.45) is 3.35. The van der Waals surface area contributed by atoms with Gasteiger partial charge in [-0.05, 0) is 28.4 Å². The summed E-state index contributed by atoms with van der Waals surface area (Å²) < 4.78 is 4.16. The number of hydrogen-bond acceptors (Lipinski definition) is 3. The van der Waals surface area contributed by atoms with Crippen LogP contribution in [0.15, 0.2) is 47.2 Å². The standard InChI is InChI=1S/C16H15BrClN5O/c1-11-13(17)7-19-23(11)10-15(24)20-16-14(18)9-22(21-16)8-12-5-3-2-4-6-12/h2-7,9H,8,10H2,1H3,(H,20,21,24). The van der Waals surface area contributed by atoms with Crippen molar-refractivity contribution in [3.8, 4) is 0 Å². The molecule has 0 aliphatic rings. The van der Waals surface area contributed by atoms with E-state index in [-0.39, 0.29) is 12.5 Å². The molecule has 124 valence electrons. The van der Waals surface area contributed by atoms with Crippen molar-refractivity contribution in [2.24, 2.45) is 0 Å². The minimum atomic E-state index is -0.236. The molecule has 0 saturated carbocycles. The van der Waals surface area contributed by atoms with Crippen LogP contribution in [0.1, 0.15) is 11.3 Å². The first-order valence-electron chi connectivity index (χ1n) is 7.27. The maximum absolute atomic E-state index is 12.2. The van der Waals surface area contributed by atoms with Gasteiger partial charge in [0.15, 0.2) is 5.82 Å². The van der Waals surface area contributed by atoms with E-state index in [1.54, 1.807) is 21.8 Å². The van der Waals surface area contributed by atoms with Gasteiger partial charge in [0, 0.05) is 6.20 Å². The molecule has 0 aliphatic carbocycles. The number of rotatable bonds is 5. The Balaban J connectivity index is 1.67. The number of anilines is 1. The second kappa shape index (κ2) is 7.19. The first-order chi connectivity index (χ1) is 11.5. The highest BCUT2D eigenvalue weighted by Gasteiger charge is 2.13. The minimum absolute atomic E-state index is 0.0965. The summed E-state index contributed by atoms with van der Waals surface area (Å²) in [4.78, 5) is 12.2. The fourth-order valence-electron chi connectivity index (χ4n) is 2.22. The molecule has 0 spiro atoms. The Labute approximate surface area is 152 Å². The van der Waals surface area contributed by atoms with Crippen molar-refractivity contribution in [3.05, 3.63) is 63.5 Å². The predicted octanol–water partition coefficient (Wildman–Crippen LogP) is 3.49. The van der Waals surface area contributed by atoms with Crippen molar-refractivity contribution in [2.45, 2.75) is 20.0 Å². The highest BCUT2D eigenvalue weighted by atomic mass is 79.9. The molecule has 2 heterocycles. The van der Waals surface area contributed by atoms with E-state index < -0.39 is 0 Å². The Hall–Kier alpha value is -2.12. The lowest BCUT2D eigenvalue weighted by molar-refractivity contribution is -0.117. The van der Waals surface area contributed by atoms with Crippen LogP contribution in [-0.2, 0) is 17.9 Å². The Morgan fingerprint density at radius 2 is 2.08 bits per heavy atom. The third-order valence-electron chi connectivity index (χ3n) is 3.50. The van der Waals surface area contributed by atoms with Gasteiger partial charge in [0.05, 0.1) is 22.9 Å². The van der Waals surface area contributed by atoms with Gasteiger partial charge in [-0.2, -0.15) is 10.2 Å². The molecule has 3 rings (SSSR count). The number of hydrogen-bond donors (Lipinski definition) is 1. The Kier molecular flexibility index (Phi) is 5.01. The molecule has 8 heteroatoms. The lowest BCUT2D eigenvalue weighted by Gasteiger charge is -2.05. The molecule has 0 aliphatic heterocycles. The SMILES string of the molecule is Cc1c(Br)cnn1CC(=O)Nc1nn(Cc2ccccc2)cc1Cl. The van der Waals surface area contributed by atoms with Gasteiger partial charge in [0.2, 0.25) is 5.91 Å². The summed E-state index contributed by atoms with van der Waals surface area (Å²) in [5, 5.41) is 11.6. The lowest BCUT2D eigenvalue weighted by atomic mass is 10.2. The van der Waals surface area contributed by atoms with Gasteiger partial charge in [-0.15, -0.1) is 0 Å². The molecule has 0 atom stereocenters. The maximum atomic E-state index is 12.2. The van der Waals surface area contributed by atoms with E-state index in [1.807, 2.05) is 37.3 Å². The first-order valence-corrected chi connectivity index (χ1v) is 8.44. The van der Waals surface area contributed by atoms with E-state index in [9.17, 15) is 4.79 Å². The van der Waals surface area contributed by atoms with E-state index >= 15 is 0 Å². The number of benzene rings is 1. The van der Waals surface area contributed by atoms with Crippen LogP contribution in [0, 0.1) is 6.92 Å². The summed E-state index contributed by atoms with van der Waals surface area (Å²) in [5.74, 6) is 0.113. The second-order valence-electron chi connectivity index (χ2n) is 5.29. The lowest BCUT2D eigenvalue weighted by Crippen LogP contribution is -2.20. The zero-order valence-electron chi connectivity index (χ0n) is 12.9. The largest absolute Gasteiger partial charge is 0.306 e. The molecule has 0 fully saturated rings. The van der Waals surface area contributed by atoms with Crippen molar-refractivity contribution >= 4 is 39.3 Å². The van der Waals surface area contributed by atoms with Crippen molar-refractivity contribution in [3.63, 3.8) is 0 Å². The fraction of sp³-hybridized carbons (Fsp3) is 0.188. The van der Waals surface area contributed by atoms with Gasteiger partial charge in [-0.1, -0.05) is 41.9 Å². The van der Waals surface area contributed by atoms with E-state index in [0.717, 1.165) is 15.7 Å². The highest BCUT2D eigenvalue weighted by Crippen LogP contribution is 2.20. The van der Waals surface area contributed by atoms with Crippen LogP contribution in [0.25, 0.3) is 0 Å². The molecule has 1 aromatic carbocycles. The number of nitrogens with one attached hydrogen (secondary N) is 1. The zero-order valence-corrected chi connectivity index (χ0v) is 15.3. The molecule has 3 aromatic rings. The number of halogens is 2. The second-order valence-corrected chi connectivity index (χ2v) is 6.55. The van der Waals surface area contributed by atoms with Crippen LogP contribution < -0.4 is 5.32 Å². The van der Waals surface area contributed by atoms with Crippen LogP contribution >= 0.6 is 27.5 Å². The summed E-state index contributed by atoms with van der Waals surface area (Å²) in [5.41, 5.74) is 1.98. The number of nitrogens with zero attached hydrogens (tertiary/aromatic N) is 4. The van der Waals surface area contributed by atoms with E-state index in [4.69, 9.17) is 11.6 Å². The molecule has 6 nitrogen and oxygen atoms in total. The average Bonchev–Trinajstić information content (AvgIpc) is 3.05. The van der Waals surface area contributed by atoms with Gasteiger partial charge in [-0.25, -0.2) is 0 Å². The molecule has 2 aromatic heterocycles. The van der Waals surface area contributed by atoms with Crippen LogP contribution in [0.4, 0.5) is 5.82 Å². The molecule has 1 amide bonds. The minimum Gasteiger partial charge on any atom is -0.306 e. The van der Waals surface area contributed by atoms with Crippen molar-refractivity contribution in [1.29, 1.82) is 0 Å². The number of amides is 1. The third kappa shape index (κ3) is 3.85. The number of carbonyl (C=O) groups is 1. The summed E-state index contributed by atoms with van der Waals surface area (Å²) in [7, 11) is 0. The predicted molar refractivity (Wildman–Crippen MR) is 96.1 cm³/mol. The summed E-state index contributed by atoms with van der Waals surface area (Å²) in [6.45, 7) is 2.56. The van der Waals surface area contributed by atoms with Crippen LogP contribution in [0.2, 0.25) is 5.02 Å². The van der Waals surface area contributed by atoms with E-state index in [2.05, 4.69) is 31.4 Å². The van der Waals surface area contributed by atoms with Gasteiger partial charge in [0.1, 0.15) is 11.6 Å². The maximum Gasteiger partial charge on any atom is 0.247 e. The molecule has 1 N–H and O–H groups in total. The topological polar surface area (TPSA) is 64.7 Å². The molecule has 0 radical (unpaired) electrons. The van der Waals surface area contributed by atoms with Crippen LogP contribution in [0.5, 0.6) is 0 Å². The van der Waals surface area contributed by atoms with Crippen LogP contribution in [0.3, 0.4) is 0 Å². The van der Waals surface area contributed by atoms with Gasteiger partial charge < -0.3 is 5.32 Å². The Bertz CT molecular complexity index is 859. The smallest absolute Gasteiger partial charge is 0.247 e. The van der Waals surface area contributed by atoms with Crippen molar-refractivity contribution < 1.29 is 4.79 Å². The van der Waals surface area contributed by atoms with Gasteiger partial charge in [0.25, 0.3) is 0 Å². The average molecular weight is 409 g/mol. The van der Waals surface area contributed by atoms with E-state index in [1.165, 1.54) is 0 Å². The normalized spacial score (nSPS) is 10.8. The fourth-order valence-corrected chi connectivity index (χ4v) is 2.72. The zero-order chi connectivity index (χ0) is 17.1. The molecule has 0 bridgehead atoms. The monoisotopic (exact) mass is 407 g/mol. The Morgan fingerprint density at radius 3 is 2.75 bits per heavy atom. The summed E-state index contributed by atoms with van der Waals surface area (Å²) in [6, 6.07) is 9.90. The van der Waals surface area contributed by atoms with Gasteiger partial charge >= 0.3 is 0 Å². The summed E-state index contributed by atoms with van der Waals surface area (Å²) >= 11 is 9.53. The molecule has 0 saturated heterocycles. The quantitative estimate of drug-likeness (QED) is 0.703. The highest BCUT2D eigenvalue weighted by molar-refractivity contribution is 9.10. The number of carbonyl (C=O) groups excluding carboxylic acids is 1. The van der Waals surface area contributed by atoms with Crippen LogP contribution in [-0.4, -0.2) is 25.5 Å².